The van der Waals surface area contributed by atoms with Gasteiger partial charge in [0.1, 0.15) is 49.7 Å². The van der Waals surface area contributed by atoms with E-state index in [1.54, 1.807) is 41.3 Å². The van der Waals surface area contributed by atoms with E-state index in [9.17, 15) is 57.7 Å². The van der Waals surface area contributed by atoms with Crippen molar-refractivity contribution in [1.29, 1.82) is 10.5 Å². The van der Waals surface area contributed by atoms with Crippen LogP contribution in [-0.2, 0) is 37.6 Å². The molecule has 4 heterocycles. The molecule has 2 aliphatic rings. The Morgan fingerprint density at radius 2 is 1.65 bits per heavy atom. The van der Waals surface area contributed by atoms with Crippen LogP contribution in [0.15, 0.2) is 43.8 Å². The highest BCUT2D eigenvalue weighted by atomic mass is 32.2. The maximum absolute atomic E-state index is 13.8. The Balaban J connectivity index is 1.76. The molecule has 1 amide bonds. The standard InChI is InChI=1S/C29H24N6O11S5/c1-32-25(41)23(50-29(32,13-30)14-31)28-35(12-21(38)39)26(42)22(49-28)27-34(11-20(36)37)24(40)18(48-27)6-7-19-33(8-3-9-51(43,44)45)16-10-15(46-2)4-5-17(16)47-19/h4-7,10H,3,8-9,11-12H2,1-2H3,(H,36,37)(H,38,39)(H,43,44,45)/b18-6-,19-7+,27-22+,28-23+. The van der Waals surface area contributed by atoms with Crippen molar-refractivity contribution < 1.29 is 42.3 Å². The molecule has 22 heteroatoms. The molecular formula is C29H24N6O11S5. The number of methoxy groups -OCH3 is 1. The van der Waals surface area contributed by atoms with Gasteiger partial charge in [-0.3, -0.25) is 37.7 Å². The van der Waals surface area contributed by atoms with Crippen LogP contribution in [0.5, 0.6) is 5.75 Å². The van der Waals surface area contributed by atoms with Crippen molar-refractivity contribution >= 4 is 90.8 Å². The van der Waals surface area contributed by atoms with E-state index in [1.165, 1.54) is 32.0 Å². The number of aromatic nitrogens is 2. The molecule has 1 saturated heterocycles. The van der Waals surface area contributed by atoms with Crippen LogP contribution in [0, 0.1) is 31.9 Å². The van der Waals surface area contributed by atoms with Crippen molar-refractivity contribution in [2.75, 3.05) is 31.4 Å². The molecule has 0 atom stereocenters. The molecule has 1 aromatic carbocycles. The van der Waals surface area contributed by atoms with Crippen molar-refractivity contribution in [2.45, 2.75) is 29.3 Å². The first-order valence-electron chi connectivity index (χ1n) is 14.3. The number of anilines is 1. The number of ether oxygens (including phenoxy) is 1. The summed E-state index contributed by atoms with van der Waals surface area (Å²) in [7, 11) is -1.56. The number of nitriles is 2. The summed E-state index contributed by atoms with van der Waals surface area (Å²) in [5, 5.41) is 39.1. The maximum Gasteiger partial charge on any atom is 0.323 e. The fraction of sp³-hybridized carbons (Fsp3) is 0.276. The van der Waals surface area contributed by atoms with Crippen LogP contribution < -0.4 is 30.0 Å². The molecule has 17 nitrogen and oxygen atoms in total. The van der Waals surface area contributed by atoms with Gasteiger partial charge in [0.25, 0.3) is 32.0 Å². The number of allylic oxidation sites excluding steroid dienone is 1. The molecule has 0 radical (unpaired) electrons. The molecule has 3 aromatic rings. The number of hydrogen-bond donors (Lipinski definition) is 3. The number of amides is 1. The van der Waals surface area contributed by atoms with Gasteiger partial charge in [-0.1, -0.05) is 23.5 Å². The number of carbonyl (C=O) groups is 3. The van der Waals surface area contributed by atoms with Crippen LogP contribution >= 0.6 is 46.2 Å². The number of rotatable bonds is 10. The van der Waals surface area contributed by atoms with Gasteiger partial charge in [0.2, 0.25) is 0 Å². The molecule has 0 saturated carbocycles. The fourth-order valence-electron chi connectivity index (χ4n) is 5.00. The van der Waals surface area contributed by atoms with Crippen molar-refractivity contribution in [3.05, 3.63) is 68.4 Å². The minimum Gasteiger partial charge on any atom is -0.497 e. The van der Waals surface area contributed by atoms with Gasteiger partial charge in [-0.2, -0.15) is 18.9 Å². The zero-order valence-corrected chi connectivity index (χ0v) is 30.3. The number of benzene rings is 1. The lowest BCUT2D eigenvalue weighted by Crippen LogP contribution is -2.39. The predicted molar refractivity (Wildman–Crippen MR) is 187 cm³/mol. The van der Waals surface area contributed by atoms with Crippen LogP contribution in [0.4, 0.5) is 5.69 Å². The molecule has 2 aliphatic heterocycles. The summed E-state index contributed by atoms with van der Waals surface area (Å²) >= 11 is 3.18. The van der Waals surface area contributed by atoms with Gasteiger partial charge < -0.3 is 24.7 Å². The van der Waals surface area contributed by atoms with E-state index in [4.69, 9.17) is 4.74 Å². The summed E-state index contributed by atoms with van der Waals surface area (Å²) in [5.41, 5.74) is -1.06. The molecular weight excluding hydrogens is 769 g/mol. The number of carboxylic acids is 2. The monoisotopic (exact) mass is 792 g/mol. The van der Waals surface area contributed by atoms with Gasteiger partial charge >= 0.3 is 11.9 Å². The van der Waals surface area contributed by atoms with Crippen LogP contribution in [0.3, 0.4) is 0 Å². The lowest BCUT2D eigenvalue weighted by atomic mass is 10.2. The van der Waals surface area contributed by atoms with Gasteiger partial charge in [0, 0.05) is 24.6 Å². The highest BCUT2D eigenvalue weighted by Crippen LogP contribution is 2.47. The van der Waals surface area contributed by atoms with E-state index in [0.29, 0.717) is 39.6 Å². The molecule has 0 bridgehead atoms. The van der Waals surface area contributed by atoms with Crippen LogP contribution in [-0.4, -0.2) is 86.4 Å². The molecule has 1 fully saturated rings. The quantitative estimate of drug-likeness (QED) is 0.231. The summed E-state index contributed by atoms with van der Waals surface area (Å²) < 4.78 is 38.3. The van der Waals surface area contributed by atoms with E-state index in [1.807, 2.05) is 0 Å². The Labute approximate surface area is 303 Å². The normalized spacial score (nSPS) is 18.2. The lowest BCUT2D eigenvalue weighted by molar-refractivity contribution is -0.138. The molecule has 266 valence electrons. The van der Waals surface area contributed by atoms with Crippen molar-refractivity contribution in [1.82, 2.24) is 14.0 Å². The van der Waals surface area contributed by atoms with Crippen LogP contribution in [0.25, 0.3) is 11.0 Å². The average Bonchev–Trinajstić information content (AvgIpc) is 3.75. The number of carboxylic acid groups (broad SMARTS) is 2. The Morgan fingerprint density at radius 1 is 1.00 bits per heavy atom. The van der Waals surface area contributed by atoms with Crippen molar-refractivity contribution in [3.8, 4) is 17.9 Å². The molecule has 51 heavy (non-hydrogen) atoms. The number of carbonyl (C=O) groups excluding carboxylic acids is 1. The van der Waals surface area contributed by atoms with E-state index < -0.39 is 62.8 Å². The third-order valence-electron chi connectivity index (χ3n) is 7.39. The Kier molecular flexibility index (Phi) is 10.6. The van der Waals surface area contributed by atoms with Gasteiger partial charge in [-0.15, -0.1) is 22.7 Å². The van der Waals surface area contributed by atoms with Crippen LogP contribution in [0.1, 0.15) is 6.42 Å². The largest absolute Gasteiger partial charge is 0.497 e. The summed E-state index contributed by atoms with van der Waals surface area (Å²) in [6.45, 7) is -1.65. The highest BCUT2D eigenvalue weighted by Gasteiger charge is 2.49. The number of aliphatic carboxylic acids is 2. The zero-order valence-electron chi connectivity index (χ0n) is 26.3. The lowest BCUT2D eigenvalue weighted by Gasteiger charge is -2.20. The van der Waals surface area contributed by atoms with Crippen molar-refractivity contribution in [2.24, 2.45) is 0 Å². The van der Waals surface area contributed by atoms with Crippen molar-refractivity contribution in [3.63, 3.8) is 0 Å². The highest BCUT2D eigenvalue weighted by molar-refractivity contribution is 8.11. The second-order valence-electron chi connectivity index (χ2n) is 10.6. The molecule has 3 N–H and O–H groups in total. The second-order valence-corrected chi connectivity index (χ2v) is 16.5. The van der Waals surface area contributed by atoms with E-state index >= 15 is 0 Å². The predicted octanol–water partition coefficient (Wildman–Crippen LogP) is 0.167. The SMILES string of the molecule is COc1ccc2c(c1)N(CCCS(=O)(=O)O)/C(=C\C=c1/s/c(=c3/s/c(=C4/SC(C#N)(C#N)N(C)C4=O)n(CC(=O)O)c3=O)n(CC(=O)O)c1=O)S2. The maximum atomic E-state index is 13.8. The third-order valence-corrected chi connectivity index (χ3v) is 13.2. The topological polar surface area (TPSA) is 253 Å². The van der Waals surface area contributed by atoms with Gasteiger partial charge in [0.05, 0.1) is 28.1 Å². The fourth-order valence-corrected chi connectivity index (χ4v) is 10.1. The number of hydrogen-bond acceptors (Lipinski definition) is 15. The second kappa shape index (κ2) is 14.4. The summed E-state index contributed by atoms with van der Waals surface area (Å²) in [6.07, 6.45) is 3.00. The zero-order chi connectivity index (χ0) is 37.4. The average molecular weight is 793 g/mol. The summed E-state index contributed by atoms with van der Waals surface area (Å²) in [4.78, 5) is 65.4. The molecule has 0 unspecified atom stereocenters. The smallest absolute Gasteiger partial charge is 0.323 e. The molecule has 5 rings (SSSR count). The Bertz CT molecular complexity index is 2560. The first kappa shape index (κ1) is 37.4. The van der Waals surface area contributed by atoms with Gasteiger partial charge in [-0.25, -0.2) is 0 Å². The van der Waals surface area contributed by atoms with E-state index in [2.05, 4.69) is 0 Å². The van der Waals surface area contributed by atoms with E-state index in [-0.39, 0.29) is 36.3 Å². The Morgan fingerprint density at radius 3 is 2.22 bits per heavy atom. The van der Waals surface area contributed by atoms with Gasteiger partial charge in [0.15, 0.2) is 0 Å². The number of nitrogens with zero attached hydrogens (tertiary/aromatic N) is 6. The first-order valence-corrected chi connectivity index (χ1v) is 19.1. The minimum atomic E-state index is -4.24. The number of thiazole rings is 2. The summed E-state index contributed by atoms with van der Waals surface area (Å²) in [5.74, 6) is -3.68. The van der Waals surface area contributed by atoms with Crippen LogP contribution in [0.2, 0.25) is 0 Å². The first-order chi connectivity index (χ1) is 24.0. The summed E-state index contributed by atoms with van der Waals surface area (Å²) in [6, 6.07) is 8.75. The Hall–Kier alpha value is -4.84. The molecule has 2 aromatic heterocycles. The minimum absolute atomic E-state index is 0.0170. The number of thioether (sulfide) groups is 2. The van der Waals surface area contributed by atoms with E-state index in [0.717, 1.165) is 30.3 Å². The molecule has 0 spiro atoms. The third kappa shape index (κ3) is 7.33. The van der Waals surface area contributed by atoms with Gasteiger partial charge in [-0.05, 0) is 30.7 Å². The molecule has 0 aliphatic carbocycles. The number of fused-ring (bicyclic) bond motifs is 1.